The molecule has 1 saturated carbocycles. The molecule has 1 amide bonds. The minimum absolute atomic E-state index is 0.000977. The summed E-state index contributed by atoms with van der Waals surface area (Å²) in [6.45, 7) is 5.47. The lowest BCUT2D eigenvalue weighted by Gasteiger charge is -2.48. The maximum absolute atomic E-state index is 14.3. The summed E-state index contributed by atoms with van der Waals surface area (Å²) in [5.74, 6) is -1.33. The molecule has 2 aliphatic carbocycles. The van der Waals surface area contributed by atoms with E-state index in [1.165, 1.54) is 0 Å². The van der Waals surface area contributed by atoms with Gasteiger partial charge in [0.25, 0.3) is 0 Å². The second-order valence-corrected chi connectivity index (χ2v) is 11.3. The zero-order chi connectivity index (χ0) is 25.3. The molecule has 5 rings (SSSR count). The number of anilines is 1. The van der Waals surface area contributed by atoms with Crippen LogP contribution in [0.2, 0.25) is 0 Å². The molecular weight excluding hydrogens is 446 g/mol. The molecule has 35 heavy (non-hydrogen) atoms. The number of rotatable bonds is 5. The van der Waals surface area contributed by atoms with E-state index in [1.54, 1.807) is 12.0 Å². The number of para-hydroxylation sites is 1. The predicted octanol–water partition coefficient (Wildman–Crippen LogP) is 2.22. The molecule has 186 valence electrons. The van der Waals surface area contributed by atoms with Crippen LogP contribution >= 0.6 is 0 Å². The number of ether oxygens (including phenoxy) is 2. The van der Waals surface area contributed by atoms with Crippen LogP contribution in [0.5, 0.6) is 0 Å². The molecule has 4 aliphatic rings. The number of hydrogen-bond donors (Lipinski definition) is 1. The van der Waals surface area contributed by atoms with Crippen molar-refractivity contribution in [3.05, 3.63) is 42.0 Å². The molecule has 0 radical (unpaired) electrons. The fourth-order valence-corrected chi connectivity index (χ4v) is 7.81. The molecule has 0 unspecified atom stereocenters. The molecule has 8 heteroatoms. The molecule has 1 spiro atoms. The van der Waals surface area contributed by atoms with Crippen LogP contribution in [0.25, 0.3) is 0 Å². The van der Waals surface area contributed by atoms with Crippen LogP contribution < -0.4 is 4.90 Å². The topological polar surface area (TPSA) is 103 Å². The fraction of sp³-hybridized carbons (Fsp3) is 0.593. The molecule has 2 aliphatic heterocycles. The van der Waals surface area contributed by atoms with Crippen LogP contribution in [0.3, 0.4) is 0 Å². The van der Waals surface area contributed by atoms with Crippen LogP contribution in [-0.2, 0) is 24.5 Å². The molecule has 4 bridgehead atoms. The van der Waals surface area contributed by atoms with Gasteiger partial charge in [0.05, 0.1) is 23.6 Å². The van der Waals surface area contributed by atoms with Gasteiger partial charge in [0.1, 0.15) is 18.4 Å². The molecule has 0 aromatic heterocycles. The summed E-state index contributed by atoms with van der Waals surface area (Å²) in [4.78, 5) is 31.3. The molecule has 8 nitrogen and oxygen atoms in total. The molecule has 1 N–H and O–H groups in total. The quantitative estimate of drug-likeness (QED) is 0.510. The minimum atomic E-state index is -1.07. The van der Waals surface area contributed by atoms with E-state index in [-0.39, 0.29) is 49.5 Å². The van der Waals surface area contributed by atoms with Gasteiger partial charge in [-0.3, -0.25) is 19.4 Å². The van der Waals surface area contributed by atoms with Gasteiger partial charge in [-0.1, -0.05) is 30.4 Å². The number of piperidine rings is 1. The van der Waals surface area contributed by atoms with Crippen molar-refractivity contribution < 1.29 is 24.2 Å². The average molecular weight is 480 g/mol. The van der Waals surface area contributed by atoms with Crippen LogP contribution in [0.15, 0.2) is 36.4 Å². The van der Waals surface area contributed by atoms with Crippen molar-refractivity contribution >= 4 is 17.6 Å². The number of hydrogen-bond acceptors (Lipinski definition) is 7. The first-order chi connectivity index (χ1) is 16.6. The largest absolute Gasteiger partial charge is 0.460 e. The Morgan fingerprint density at radius 3 is 2.63 bits per heavy atom. The molecule has 7 atom stereocenters. The number of aliphatic hydroxyl groups is 1. The van der Waals surface area contributed by atoms with Gasteiger partial charge < -0.3 is 14.6 Å². The highest BCUT2D eigenvalue weighted by atomic mass is 16.6. The Kier molecular flexibility index (Phi) is 5.41. The van der Waals surface area contributed by atoms with E-state index in [0.717, 1.165) is 11.3 Å². The maximum atomic E-state index is 14.3. The number of allylic oxidation sites excluding steroid dienone is 1. The van der Waals surface area contributed by atoms with Crippen LogP contribution in [0, 0.1) is 34.5 Å². The predicted molar refractivity (Wildman–Crippen MR) is 128 cm³/mol. The number of aliphatic hydroxyl groups excluding tert-OH is 1. The van der Waals surface area contributed by atoms with E-state index >= 15 is 0 Å². The molecule has 2 fully saturated rings. The Hall–Kier alpha value is -2.73. The summed E-state index contributed by atoms with van der Waals surface area (Å²) in [5, 5.41) is 20.9. The molecule has 1 aromatic carbocycles. The summed E-state index contributed by atoms with van der Waals surface area (Å²) < 4.78 is 11.1. The third kappa shape index (κ3) is 2.95. The zero-order valence-corrected chi connectivity index (χ0v) is 20.9. The Morgan fingerprint density at radius 2 is 2.00 bits per heavy atom. The Bertz CT molecular complexity index is 1140. The lowest BCUT2D eigenvalue weighted by Crippen LogP contribution is -2.56. The van der Waals surface area contributed by atoms with E-state index in [2.05, 4.69) is 6.07 Å². The smallest absolute Gasteiger partial charge is 0.307 e. The van der Waals surface area contributed by atoms with Gasteiger partial charge in [-0.05, 0) is 45.4 Å². The van der Waals surface area contributed by atoms with E-state index in [0.29, 0.717) is 0 Å². The van der Waals surface area contributed by atoms with Gasteiger partial charge >= 0.3 is 5.97 Å². The average Bonchev–Trinajstić information content (AvgIpc) is 3.23. The van der Waals surface area contributed by atoms with Crippen molar-refractivity contribution in [2.75, 3.05) is 32.4 Å². The zero-order valence-electron chi connectivity index (χ0n) is 20.9. The van der Waals surface area contributed by atoms with Gasteiger partial charge in [-0.15, -0.1) is 0 Å². The van der Waals surface area contributed by atoms with E-state index in [1.807, 2.05) is 69.1 Å². The number of nitrogens with zero attached hydrogens (tertiary/aromatic N) is 3. The fourth-order valence-electron chi connectivity index (χ4n) is 7.81. The van der Waals surface area contributed by atoms with E-state index < -0.39 is 28.4 Å². The van der Waals surface area contributed by atoms with Crippen molar-refractivity contribution in [2.24, 2.45) is 23.2 Å². The second kappa shape index (κ2) is 7.89. The summed E-state index contributed by atoms with van der Waals surface area (Å²) >= 11 is 0. The first-order valence-electron chi connectivity index (χ1n) is 12.1. The highest BCUT2D eigenvalue weighted by Gasteiger charge is 2.79. The van der Waals surface area contributed by atoms with Crippen LogP contribution in [-0.4, -0.2) is 67.1 Å². The lowest BCUT2D eigenvalue weighted by molar-refractivity contribution is -0.160. The maximum Gasteiger partial charge on any atom is 0.307 e. The van der Waals surface area contributed by atoms with Crippen molar-refractivity contribution in [2.45, 2.75) is 50.3 Å². The SMILES string of the molecule is COCN1C(=O)[C@]2(C=C[C@@H]3[C@H](CO)[C@@H]4[C@H]2[C@@]3(CC(=O)OC(C)(C)C)[C@H](C#N)N4C)c2ccccc21. The van der Waals surface area contributed by atoms with Crippen molar-refractivity contribution in [1.82, 2.24) is 4.90 Å². The number of carbonyl (C=O) groups is 2. The number of nitriles is 1. The monoisotopic (exact) mass is 479 g/mol. The summed E-state index contributed by atoms with van der Waals surface area (Å²) in [6, 6.07) is 9.28. The van der Waals surface area contributed by atoms with Gasteiger partial charge in [-0.25, -0.2) is 0 Å². The molecular formula is C27H33N3O5. The Balaban J connectivity index is 1.74. The first kappa shape index (κ1) is 24.0. The third-order valence-electron chi connectivity index (χ3n) is 8.59. The summed E-state index contributed by atoms with van der Waals surface area (Å²) in [6.07, 6.45) is 3.97. The Morgan fingerprint density at radius 1 is 1.29 bits per heavy atom. The van der Waals surface area contributed by atoms with Crippen LogP contribution in [0.4, 0.5) is 5.69 Å². The molecule has 1 saturated heterocycles. The summed E-state index contributed by atoms with van der Waals surface area (Å²) in [7, 11) is 3.43. The standard InChI is InChI=1S/C27H33N3O5/c1-25(2,3)35-21(32)12-27-17-10-11-26(23(27)22(16(17)14-31)29(4)20(27)13-28)18-8-6-7-9-19(18)30(15-34-5)24(26)33/h6-11,16-17,20,22-23,31H,12,14-15H2,1-5H3/t16-,17+,20-,22+,23+,26+,27+/m0/s1. The van der Waals surface area contributed by atoms with Crippen LogP contribution in [0.1, 0.15) is 32.8 Å². The third-order valence-corrected chi connectivity index (χ3v) is 8.59. The van der Waals surface area contributed by atoms with Gasteiger partial charge in [-0.2, -0.15) is 5.26 Å². The van der Waals surface area contributed by atoms with Crippen molar-refractivity contribution in [3.8, 4) is 6.07 Å². The summed E-state index contributed by atoms with van der Waals surface area (Å²) in [5.41, 5.74) is -1.00. The normalized spacial score (nSPS) is 37.1. The second-order valence-electron chi connectivity index (χ2n) is 11.3. The number of esters is 1. The number of benzene rings is 1. The van der Waals surface area contributed by atoms with Gasteiger partial charge in [0.15, 0.2) is 0 Å². The highest BCUT2D eigenvalue weighted by molar-refractivity contribution is 6.10. The lowest BCUT2D eigenvalue weighted by atomic mass is 9.53. The first-order valence-corrected chi connectivity index (χ1v) is 12.1. The molecule has 2 heterocycles. The number of likely N-dealkylation sites (tertiary alicyclic amines) is 1. The van der Waals surface area contributed by atoms with Gasteiger partial charge in [0, 0.05) is 37.0 Å². The number of carbonyl (C=O) groups excluding carboxylic acids is 2. The number of fused-ring (bicyclic) bond motifs is 2. The van der Waals surface area contributed by atoms with Gasteiger partial charge in [0.2, 0.25) is 5.91 Å². The molecule has 1 aromatic rings. The van der Waals surface area contributed by atoms with E-state index in [9.17, 15) is 20.0 Å². The Labute approximate surface area is 206 Å². The van der Waals surface area contributed by atoms with Crippen molar-refractivity contribution in [3.63, 3.8) is 0 Å². The minimum Gasteiger partial charge on any atom is -0.460 e. The number of methoxy groups -OCH3 is 1. The van der Waals surface area contributed by atoms with E-state index in [4.69, 9.17) is 9.47 Å². The number of amides is 1. The van der Waals surface area contributed by atoms with Crippen molar-refractivity contribution in [1.29, 1.82) is 5.26 Å². The highest BCUT2D eigenvalue weighted by Crippen LogP contribution is 2.72.